The highest BCUT2D eigenvalue weighted by Crippen LogP contribution is 2.17. The van der Waals surface area contributed by atoms with Crippen molar-refractivity contribution in [3.63, 3.8) is 0 Å². The van der Waals surface area contributed by atoms with Crippen LogP contribution in [0.25, 0.3) is 0 Å². The minimum absolute atomic E-state index is 0.00581. The van der Waals surface area contributed by atoms with Crippen LogP contribution in [0, 0.1) is 5.92 Å². The SMILES string of the molecule is CCC(CC)C(=O)N(CC(N)=O)C1CCCNC1. The van der Waals surface area contributed by atoms with E-state index in [0.29, 0.717) is 0 Å². The topological polar surface area (TPSA) is 75.4 Å². The molecule has 0 radical (unpaired) electrons. The minimum atomic E-state index is -0.431. The lowest BCUT2D eigenvalue weighted by molar-refractivity contribution is -0.141. The predicted octanol–water partition coefficient (Wildman–Crippen LogP) is 0.489. The highest BCUT2D eigenvalue weighted by atomic mass is 16.2. The van der Waals surface area contributed by atoms with E-state index < -0.39 is 5.91 Å². The molecular formula is C13H25N3O2. The summed E-state index contributed by atoms with van der Waals surface area (Å²) in [6.07, 6.45) is 3.61. The number of nitrogens with two attached hydrogens (primary N) is 1. The molecule has 1 saturated heterocycles. The van der Waals surface area contributed by atoms with Crippen LogP contribution in [0.2, 0.25) is 0 Å². The lowest BCUT2D eigenvalue weighted by atomic mass is 9.98. The second kappa shape index (κ2) is 7.36. The summed E-state index contributed by atoms with van der Waals surface area (Å²) in [4.78, 5) is 25.3. The van der Waals surface area contributed by atoms with E-state index in [2.05, 4.69) is 5.32 Å². The number of rotatable bonds is 6. The normalized spacial score (nSPS) is 19.8. The molecule has 0 bridgehead atoms. The number of hydrogen-bond donors (Lipinski definition) is 2. The van der Waals surface area contributed by atoms with E-state index in [1.54, 1.807) is 4.90 Å². The van der Waals surface area contributed by atoms with Gasteiger partial charge in [0, 0.05) is 18.5 Å². The fourth-order valence-corrected chi connectivity index (χ4v) is 2.53. The maximum atomic E-state index is 12.4. The Hall–Kier alpha value is -1.10. The number of nitrogens with one attached hydrogen (secondary N) is 1. The first kappa shape index (κ1) is 15.0. The zero-order valence-corrected chi connectivity index (χ0v) is 11.4. The first-order valence-electron chi connectivity index (χ1n) is 6.89. The van der Waals surface area contributed by atoms with Crippen molar-refractivity contribution in [3.05, 3.63) is 0 Å². The van der Waals surface area contributed by atoms with Crippen LogP contribution in [-0.4, -0.2) is 42.4 Å². The Morgan fingerprint density at radius 3 is 2.50 bits per heavy atom. The number of nitrogens with zero attached hydrogens (tertiary/aromatic N) is 1. The van der Waals surface area contributed by atoms with Crippen LogP contribution in [0.3, 0.4) is 0 Å². The molecule has 0 spiro atoms. The van der Waals surface area contributed by atoms with Crippen molar-refractivity contribution >= 4 is 11.8 Å². The maximum Gasteiger partial charge on any atom is 0.237 e. The Balaban J connectivity index is 2.75. The summed E-state index contributed by atoms with van der Waals surface area (Å²) in [6.45, 7) is 5.81. The van der Waals surface area contributed by atoms with Crippen molar-refractivity contribution in [1.82, 2.24) is 10.2 Å². The molecule has 104 valence electrons. The molecule has 1 heterocycles. The molecule has 18 heavy (non-hydrogen) atoms. The Morgan fingerprint density at radius 1 is 1.39 bits per heavy atom. The van der Waals surface area contributed by atoms with Crippen LogP contribution in [0.4, 0.5) is 0 Å². The zero-order chi connectivity index (χ0) is 13.5. The molecule has 1 rings (SSSR count). The van der Waals surface area contributed by atoms with Gasteiger partial charge in [0.15, 0.2) is 0 Å². The molecule has 3 N–H and O–H groups in total. The Labute approximate surface area is 109 Å². The summed E-state index contributed by atoms with van der Waals surface area (Å²) in [5, 5.41) is 3.27. The molecule has 1 unspecified atom stereocenters. The molecule has 2 amide bonds. The van der Waals surface area contributed by atoms with Crippen LogP contribution >= 0.6 is 0 Å². The number of carbonyl (C=O) groups excluding carboxylic acids is 2. The van der Waals surface area contributed by atoms with Crippen LogP contribution in [0.15, 0.2) is 0 Å². The summed E-state index contributed by atoms with van der Waals surface area (Å²) >= 11 is 0. The monoisotopic (exact) mass is 255 g/mol. The van der Waals surface area contributed by atoms with E-state index in [1.807, 2.05) is 13.8 Å². The Kier molecular flexibility index (Phi) is 6.12. The van der Waals surface area contributed by atoms with Gasteiger partial charge in [-0.25, -0.2) is 0 Å². The van der Waals surface area contributed by atoms with Crippen LogP contribution < -0.4 is 11.1 Å². The Morgan fingerprint density at radius 2 is 2.06 bits per heavy atom. The van der Waals surface area contributed by atoms with E-state index in [1.165, 1.54) is 0 Å². The average molecular weight is 255 g/mol. The van der Waals surface area contributed by atoms with E-state index in [9.17, 15) is 9.59 Å². The van der Waals surface area contributed by atoms with Crippen LogP contribution in [0.1, 0.15) is 39.5 Å². The third-order valence-corrected chi connectivity index (χ3v) is 3.66. The van der Waals surface area contributed by atoms with Gasteiger partial charge in [-0.15, -0.1) is 0 Å². The van der Waals surface area contributed by atoms with Crippen LogP contribution in [-0.2, 0) is 9.59 Å². The molecule has 5 heteroatoms. The van der Waals surface area contributed by atoms with Crippen molar-refractivity contribution in [2.24, 2.45) is 11.7 Å². The first-order valence-corrected chi connectivity index (χ1v) is 6.89. The summed E-state index contributed by atoms with van der Waals surface area (Å²) in [5.74, 6) is -0.348. The molecule has 1 fully saturated rings. The summed E-state index contributed by atoms with van der Waals surface area (Å²) in [5.41, 5.74) is 5.27. The van der Waals surface area contributed by atoms with Crippen molar-refractivity contribution in [1.29, 1.82) is 0 Å². The number of carbonyl (C=O) groups is 2. The van der Waals surface area contributed by atoms with Crippen molar-refractivity contribution in [2.45, 2.75) is 45.6 Å². The van der Waals surface area contributed by atoms with Gasteiger partial charge < -0.3 is 16.0 Å². The van der Waals surface area contributed by atoms with Gasteiger partial charge in [-0.3, -0.25) is 9.59 Å². The second-order valence-corrected chi connectivity index (χ2v) is 4.95. The van der Waals surface area contributed by atoms with Gasteiger partial charge in [-0.2, -0.15) is 0 Å². The summed E-state index contributed by atoms with van der Waals surface area (Å²) in [7, 11) is 0. The number of hydrogen-bond acceptors (Lipinski definition) is 3. The molecule has 0 aromatic carbocycles. The van der Waals surface area contributed by atoms with Crippen molar-refractivity contribution in [2.75, 3.05) is 19.6 Å². The van der Waals surface area contributed by atoms with Gasteiger partial charge in [0.1, 0.15) is 0 Å². The van der Waals surface area contributed by atoms with Crippen molar-refractivity contribution in [3.8, 4) is 0 Å². The molecule has 1 aliphatic heterocycles. The lowest BCUT2D eigenvalue weighted by Gasteiger charge is -2.35. The number of primary amides is 1. The highest BCUT2D eigenvalue weighted by Gasteiger charge is 2.29. The maximum absolute atomic E-state index is 12.4. The van der Waals surface area contributed by atoms with Gasteiger partial charge in [0.05, 0.1) is 6.54 Å². The highest BCUT2D eigenvalue weighted by molar-refractivity contribution is 5.85. The smallest absolute Gasteiger partial charge is 0.237 e. The van der Waals surface area contributed by atoms with Crippen LogP contribution in [0.5, 0.6) is 0 Å². The minimum Gasteiger partial charge on any atom is -0.368 e. The largest absolute Gasteiger partial charge is 0.368 e. The Bertz CT molecular complexity index is 284. The predicted molar refractivity (Wildman–Crippen MR) is 70.9 cm³/mol. The van der Waals surface area contributed by atoms with Gasteiger partial charge in [0.2, 0.25) is 11.8 Å². The quantitative estimate of drug-likeness (QED) is 0.725. The first-order chi connectivity index (χ1) is 8.60. The lowest BCUT2D eigenvalue weighted by Crippen LogP contribution is -2.53. The summed E-state index contributed by atoms with van der Waals surface area (Å²) in [6, 6.07) is 0.111. The van der Waals surface area contributed by atoms with E-state index in [4.69, 9.17) is 5.73 Å². The molecule has 1 aliphatic rings. The molecule has 5 nitrogen and oxygen atoms in total. The van der Waals surface area contributed by atoms with Crippen molar-refractivity contribution < 1.29 is 9.59 Å². The zero-order valence-electron chi connectivity index (χ0n) is 11.4. The number of piperidine rings is 1. The number of amides is 2. The van der Waals surface area contributed by atoms with Gasteiger partial charge in [0.25, 0.3) is 0 Å². The molecular weight excluding hydrogens is 230 g/mol. The van der Waals surface area contributed by atoms with E-state index in [0.717, 1.165) is 38.8 Å². The molecule has 1 atom stereocenters. The fourth-order valence-electron chi connectivity index (χ4n) is 2.53. The molecule has 0 aromatic heterocycles. The molecule has 0 saturated carbocycles. The molecule has 0 aliphatic carbocycles. The van der Waals surface area contributed by atoms with Gasteiger partial charge >= 0.3 is 0 Å². The van der Waals surface area contributed by atoms with E-state index in [-0.39, 0.29) is 24.4 Å². The third-order valence-electron chi connectivity index (χ3n) is 3.66. The summed E-state index contributed by atoms with van der Waals surface area (Å²) < 4.78 is 0. The second-order valence-electron chi connectivity index (χ2n) is 4.95. The van der Waals surface area contributed by atoms with Gasteiger partial charge in [-0.05, 0) is 32.2 Å². The van der Waals surface area contributed by atoms with Gasteiger partial charge in [-0.1, -0.05) is 13.8 Å². The average Bonchev–Trinajstić information content (AvgIpc) is 2.38. The fraction of sp³-hybridized carbons (Fsp3) is 0.846. The standard InChI is InChI=1S/C13H25N3O2/c1-3-10(4-2)13(18)16(9-12(14)17)11-6-5-7-15-8-11/h10-11,15H,3-9H2,1-2H3,(H2,14,17). The van der Waals surface area contributed by atoms with E-state index >= 15 is 0 Å². The third kappa shape index (κ3) is 3.98. The molecule has 0 aromatic rings.